The van der Waals surface area contributed by atoms with Crippen molar-refractivity contribution in [1.29, 1.82) is 0 Å². The molecular weight excluding hydrogens is 593 g/mol. The van der Waals surface area contributed by atoms with Crippen LogP contribution in [0.15, 0.2) is 29.2 Å². The summed E-state index contributed by atoms with van der Waals surface area (Å²) in [6.07, 6.45) is -5.64. The largest absolute Gasteiger partial charge is 0.462 e. The molecule has 1 saturated heterocycles. The zero-order valence-corrected chi connectivity index (χ0v) is 30.8. The maximum Gasteiger partial charge on any atom is 0.311 e. The minimum absolute atomic E-state index is 0.0465. The Bertz CT molecular complexity index is 1180. The van der Waals surface area contributed by atoms with Crippen molar-refractivity contribution in [3.8, 4) is 0 Å². The number of carbonyl (C=O) groups excluding carboxylic acids is 1. The molecule has 12 heteroatoms. The van der Waals surface area contributed by atoms with Gasteiger partial charge in [-0.1, -0.05) is 59.2 Å². The number of hydrogen-bond donors (Lipinski definition) is 1. The number of aryl methyl sites for hydroxylation is 1. The van der Waals surface area contributed by atoms with Gasteiger partial charge in [-0.3, -0.25) is 8.98 Å². The molecular formula is C30H54O9SSi2. The Morgan fingerprint density at radius 1 is 0.881 bits per heavy atom. The molecule has 0 amide bonds. The van der Waals surface area contributed by atoms with Crippen LogP contribution >= 0.6 is 0 Å². The smallest absolute Gasteiger partial charge is 0.311 e. The average Bonchev–Trinajstić information content (AvgIpc) is 3.08. The van der Waals surface area contributed by atoms with Crippen LogP contribution in [0.2, 0.25) is 36.3 Å². The zero-order chi connectivity index (χ0) is 32.7. The second-order valence-corrected chi connectivity index (χ2v) is 26.5. The van der Waals surface area contributed by atoms with Gasteiger partial charge >= 0.3 is 5.97 Å². The van der Waals surface area contributed by atoms with Gasteiger partial charge in [-0.25, -0.2) is 0 Å². The average molecular weight is 647 g/mol. The van der Waals surface area contributed by atoms with E-state index in [2.05, 4.69) is 67.7 Å². The number of carbonyl (C=O) groups is 1. The van der Waals surface area contributed by atoms with E-state index in [1.165, 1.54) is 12.1 Å². The van der Waals surface area contributed by atoms with E-state index >= 15 is 0 Å². The normalized spacial score (nSPS) is 23.6. The van der Waals surface area contributed by atoms with Gasteiger partial charge in [0.1, 0.15) is 31.0 Å². The molecule has 42 heavy (non-hydrogen) atoms. The van der Waals surface area contributed by atoms with Crippen LogP contribution in [0.25, 0.3) is 0 Å². The van der Waals surface area contributed by atoms with Crippen LogP contribution in [0, 0.1) is 12.3 Å². The van der Waals surface area contributed by atoms with Crippen molar-refractivity contribution in [1.82, 2.24) is 0 Å². The molecule has 0 saturated carbocycles. The lowest BCUT2D eigenvalue weighted by molar-refractivity contribution is -0.165. The maximum absolute atomic E-state index is 13.5. The van der Waals surface area contributed by atoms with Gasteiger partial charge in [0.05, 0.1) is 10.3 Å². The molecule has 1 fully saturated rings. The van der Waals surface area contributed by atoms with Gasteiger partial charge in [0.25, 0.3) is 10.1 Å². The van der Waals surface area contributed by atoms with Gasteiger partial charge in [-0.2, -0.15) is 8.42 Å². The van der Waals surface area contributed by atoms with Crippen molar-refractivity contribution in [2.75, 3.05) is 6.61 Å². The second kappa shape index (κ2) is 12.7. The highest BCUT2D eigenvalue weighted by atomic mass is 32.2. The fourth-order valence-corrected chi connectivity index (χ4v) is 7.39. The molecule has 0 aliphatic carbocycles. The van der Waals surface area contributed by atoms with Crippen LogP contribution in [-0.2, 0) is 37.4 Å². The Morgan fingerprint density at radius 3 is 1.76 bits per heavy atom. The van der Waals surface area contributed by atoms with E-state index in [1.54, 1.807) is 32.9 Å². The van der Waals surface area contributed by atoms with Gasteiger partial charge in [-0.05, 0) is 76.1 Å². The van der Waals surface area contributed by atoms with Gasteiger partial charge in [0.15, 0.2) is 22.9 Å². The third kappa shape index (κ3) is 8.96. The third-order valence-corrected chi connectivity index (χ3v) is 18.9. The van der Waals surface area contributed by atoms with Crippen LogP contribution in [0.4, 0.5) is 0 Å². The molecule has 9 nitrogen and oxygen atoms in total. The minimum atomic E-state index is -4.32. The molecule has 0 radical (unpaired) electrons. The summed E-state index contributed by atoms with van der Waals surface area (Å²) in [7, 11) is -9.29. The number of benzene rings is 1. The van der Waals surface area contributed by atoms with Gasteiger partial charge in [0, 0.05) is 0 Å². The molecule has 1 heterocycles. The zero-order valence-electron chi connectivity index (χ0n) is 28.0. The van der Waals surface area contributed by atoms with Crippen molar-refractivity contribution < 1.29 is 40.8 Å². The molecule has 2 rings (SSSR count). The summed E-state index contributed by atoms with van der Waals surface area (Å²) >= 11 is 0. The third-order valence-electron chi connectivity index (χ3n) is 8.62. The SMILES string of the molecule is Cc1ccc(S(=O)(=O)O[C@H](COC(=O)C(C)(C)C)[C@@H]2O[C@@H](O)[C@H](O[Si](C)(C)C(C)(C)C)[C@H]2O[Si](C)(C)C(C)(C)C)cc1. The lowest BCUT2D eigenvalue weighted by Crippen LogP contribution is -2.56. The van der Waals surface area contributed by atoms with Crippen LogP contribution in [0.1, 0.15) is 67.9 Å². The van der Waals surface area contributed by atoms with E-state index in [4.69, 9.17) is 22.5 Å². The van der Waals surface area contributed by atoms with E-state index in [9.17, 15) is 18.3 Å². The number of ether oxygens (including phenoxy) is 2. The van der Waals surface area contributed by atoms with Gasteiger partial charge < -0.3 is 23.4 Å². The summed E-state index contributed by atoms with van der Waals surface area (Å²) in [4.78, 5) is 12.7. The topological polar surface area (TPSA) is 118 Å². The predicted molar refractivity (Wildman–Crippen MR) is 169 cm³/mol. The summed E-state index contributed by atoms with van der Waals surface area (Å²) in [6, 6.07) is 6.26. The fourth-order valence-electron chi connectivity index (χ4n) is 3.73. The van der Waals surface area contributed by atoms with Gasteiger partial charge in [-0.15, -0.1) is 0 Å². The van der Waals surface area contributed by atoms with Crippen molar-refractivity contribution in [3.05, 3.63) is 29.8 Å². The van der Waals surface area contributed by atoms with Crippen molar-refractivity contribution >= 4 is 32.7 Å². The van der Waals surface area contributed by atoms with E-state index in [1.807, 2.05) is 6.92 Å². The quantitative estimate of drug-likeness (QED) is 0.181. The highest BCUT2D eigenvalue weighted by molar-refractivity contribution is 7.86. The fraction of sp³-hybridized carbons (Fsp3) is 0.767. The van der Waals surface area contributed by atoms with Crippen LogP contribution in [0.5, 0.6) is 0 Å². The molecule has 0 unspecified atom stereocenters. The number of rotatable bonds is 10. The first-order chi connectivity index (χ1) is 18.7. The molecule has 1 aliphatic heterocycles. The van der Waals surface area contributed by atoms with E-state index in [-0.39, 0.29) is 15.0 Å². The van der Waals surface area contributed by atoms with Crippen molar-refractivity contribution in [2.45, 2.75) is 141 Å². The second-order valence-electron chi connectivity index (χ2n) is 15.4. The monoisotopic (exact) mass is 646 g/mol. The molecule has 1 aliphatic rings. The molecule has 1 aromatic rings. The molecule has 1 N–H and O–H groups in total. The highest BCUT2D eigenvalue weighted by Crippen LogP contribution is 2.44. The lowest BCUT2D eigenvalue weighted by Gasteiger charge is -2.44. The minimum Gasteiger partial charge on any atom is -0.462 e. The number of esters is 1. The van der Waals surface area contributed by atoms with E-state index in [0.717, 1.165) is 5.56 Å². The molecule has 242 valence electrons. The first-order valence-corrected chi connectivity index (χ1v) is 21.8. The van der Waals surface area contributed by atoms with Crippen molar-refractivity contribution in [3.63, 3.8) is 0 Å². The predicted octanol–water partition coefficient (Wildman–Crippen LogP) is 6.16. The lowest BCUT2D eigenvalue weighted by atomic mass is 9.97. The number of aliphatic hydroxyl groups excluding tert-OH is 1. The highest BCUT2D eigenvalue weighted by Gasteiger charge is 2.56. The molecule has 1 aromatic carbocycles. The molecule has 5 atom stereocenters. The summed E-state index contributed by atoms with van der Waals surface area (Å²) in [5.74, 6) is -0.529. The number of aliphatic hydroxyl groups is 1. The molecule has 0 aromatic heterocycles. The first-order valence-electron chi connectivity index (χ1n) is 14.6. The first kappa shape index (κ1) is 37.1. The summed E-state index contributed by atoms with van der Waals surface area (Å²) in [5, 5.41) is 10.9. The Morgan fingerprint density at radius 2 is 1.33 bits per heavy atom. The molecule has 0 bridgehead atoms. The summed E-state index contributed by atoms with van der Waals surface area (Å²) in [6.45, 7) is 27.3. The van der Waals surface area contributed by atoms with E-state index in [0.29, 0.717) is 0 Å². The van der Waals surface area contributed by atoms with Crippen LogP contribution < -0.4 is 0 Å². The Kier molecular flexibility index (Phi) is 11.2. The van der Waals surface area contributed by atoms with Crippen LogP contribution in [0.3, 0.4) is 0 Å². The standard InChI is InChI=1S/C30H54O9SSi2/c1-20-15-17-21(18-16-20)40(33,34)37-22(19-35-27(32)28(2,3)4)23-24(38-41(11,12)29(5,6)7)25(26(31)36-23)39-42(13,14)30(8,9)10/h15-18,22-26,31H,19H2,1-14H3/t22-,23+,24+,25-,26-/m1/s1. The van der Waals surface area contributed by atoms with Crippen LogP contribution in [-0.4, -0.2) is 73.4 Å². The Labute approximate surface area is 256 Å². The summed E-state index contributed by atoms with van der Waals surface area (Å²) in [5.41, 5.74) is 0.0573. The summed E-state index contributed by atoms with van der Waals surface area (Å²) < 4.78 is 57.9. The van der Waals surface area contributed by atoms with Gasteiger partial charge in [0.2, 0.25) is 0 Å². The Hall–Kier alpha value is -1.13. The Balaban J connectivity index is 2.61. The maximum atomic E-state index is 13.5. The van der Waals surface area contributed by atoms with E-state index < -0.39 is 75.4 Å². The molecule has 0 spiro atoms. The van der Waals surface area contributed by atoms with Crippen molar-refractivity contribution in [2.24, 2.45) is 5.41 Å². The number of hydrogen-bond acceptors (Lipinski definition) is 9.